The van der Waals surface area contributed by atoms with E-state index in [1.54, 1.807) is 0 Å². The molecule has 0 amide bonds. The number of esters is 2. The first-order valence-corrected chi connectivity index (χ1v) is 19.8. The van der Waals surface area contributed by atoms with E-state index >= 15 is 0 Å². The summed E-state index contributed by atoms with van der Waals surface area (Å²) < 4.78 is 10.6. The number of rotatable bonds is 35. The quantitative estimate of drug-likeness (QED) is 0.0552. The Morgan fingerprint density at radius 1 is 0.511 bits per heavy atom. The lowest BCUT2D eigenvalue weighted by Gasteiger charge is -2.15. The van der Waals surface area contributed by atoms with Gasteiger partial charge >= 0.3 is 11.9 Å². The molecule has 45 heavy (non-hydrogen) atoms. The van der Waals surface area contributed by atoms with Crippen LogP contribution in [0.4, 0.5) is 0 Å². The van der Waals surface area contributed by atoms with Crippen LogP contribution in [0.5, 0.6) is 0 Å². The molecule has 0 saturated carbocycles. The third-order valence-electron chi connectivity index (χ3n) is 9.37. The molecule has 0 aliphatic rings. The lowest BCUT2D eigenvalue weighted by molar-refractivity contribution is -0.161. The fourth-order valence-electron chi connectivity index (χ4n) is 5.95. The zero-order chi connectivity index (χ0) is 33.2. The normalized spacial score (nSPS) is 12.8. The van der Waals surface area contributed by atoms with Crippen molar-refractivity contribution < 1.29 is 24.2 Å². The monoisotopic (exact) mass is 639 g/mol. The molecule has 5 heteroatoms. The van der Waals surface area contributed by atoms with E-state index in [0.29, 0.717) is 12.8 Å². The van der Waals surface area contributed by atoms with Crippen molar-refractivity contribution in [2.75, 3.05) is 13.2 Å². The maximum absolute atomic E-state index is 12.1. The van der Waals surface area contributed by atoms with Crippen molar-refractivity contribution in [1.82, 2.24) is 0 Å². The number of aliphatic hydroxyl groups is 1. The third-order valence-corrected chi connectivity index (χ3v) is 9.37. The molecule has 1 unspecified atom stereocenters. The Bertz CT molecular complexity index is 634. The van der Waals surface area contributed by atoms with Gasteiger partial charge in [0, 0.05) is 12.8 Å². The van der Waals surface area contributed by atoms with E-state index in [4.69, 9.17) is 9.47 Å². The number of hydrogen-bond donors (Lipinski definition) is 1. The minimum Gasteiger partial charge on any atom is -0.462 e. The van der Waals surface area contributed by atoms with Gasteiger partial charge in [-0.15, -0.1) is 0 Å². The number of unbranched alkanes of at least 4 members (excludes halogenated alkanes) is 22. The van der Waals surface area contributed by atoms with Crippen LogP contribution in [0, 0.1) is 11.8 Å². The second-order valence-electron chi connectivity index (χ2n) is 14.4. The molecule has 0 aromatic carbocycles. The maximum Gasteiger partial charge on any atom is 0.306 e. The highest BCUT2D eigenvalue weighted by Gasteiger charge is 2.16. The molecule has 0 fully saturated rings. The minimum absolute atomic E-state index is 0.0596. The van der Waals surface area contributed by atoms with Gasteiger partial charge in [-0.3, -0.25) is 9.59 Å². The molecule has 0 aliphatic heterocycles. The van der Waals surface area contributed by atoms with Crippen LogP contribution < -0.4 is 0 Å². The number of carbonyl (C=O) groups excluding carboxylic acids is 2. The van der Waals surface area contributed by atoms with Gasteiger partial charge < -0.3 is 14.6 Å². The summed E-state index contributed by atoms with van der Waals surface area (Å²) >= 11 is 0. The molecule has 0 aromatic rings. The van der Waals surface area contributed by atoms with E-state index < -0.39 is 6.10 Å². The fraction of sp³-hybridized carbons (Fsp3) is 0.950. The van der Waals surface area contributed by atoms with Gasteiger partial charge in [-0.25, -0.2) is 0 Å². The molecule has 1 N–H and O–H groups in total. The van der Waals surface area contributed by atoms with E-state index in [2.05, 4.69) is 27.7 Å². The highest BCUT2D eigenvalue weighted by molar-refractivity contribution is 5.70. The van der Waals surface area contributed by atoms with Gasteiger partial charge in [0.25, 0.3) is 0 Å². The fourth-order valence-corrected chi connectivity index (χ4v) is 5.95. The van der Waals surface area contributed by atoms with E-state index in [1.165, 1.54) is 141 Å². The molecule has 268 valence electrons. The summed E-state index contributed by atoms with van der Waals surface area (Å²) in [5, 5.41) is 9.52. The summed E-state index contributed by atoms with van der Waals surface area (Å²) in [5.74, 6) is 1.11. The van der Waals surface area contributed by atoms with Crippen molar-refractivity contribution >= 4 is 11.9 Å². The van der Waals surface area contributed by atoms with Gasteiger partial charge in [-0.1, -0.05) is 188 Å². The van der Waals surface area contributed by atoms with E-state index in [-0.39, 0.29) is 25.2 Å². The third kappa shape index (κ3) is 34.1. The molecule has 5 nitrogen and oxygen atoms in total. The first-order chi connectivity index (χ1) is 21.9. The predicted octanol–water partition coefficient (Wildman–Crippen LogP) is 12.1. The predicted molar refractivity (Wildman–Crippen MR) is 191 cm³/mol. The van der Waals surface area contributed by atoms with Crippen molar-refractivity contribution in [2.24, 2.45) is 11.8 Å². The number of hydrogen-bond acceptors (Lipinski definition) is 5. The average Bonchev–Trinajstić information content (AvgIpc) is 3.02. The zero-order valence-corrected chi connectivity index (χ0v) is 30.7. The van der Waals surface area contributed by atoms with Gasteiger partial charge in [-0.05, 0) is 24.7 Å². The van der Waals surface area contributed by atoms with Gasteiger partial charge in [-0.2, -0.15) is 0 Å². The molecule has 0 rings (SSSR count). The summed E-state index contributed by atoms with van der Waals surface area (Å²) in [6.07, 6.45) is 34.6. The van der Waals surface area contributed by atoms with Gasteiger partial charge in [0.15, 0.2) is 6.10 Å². The van der Waals surface area contributed by atoms with Crippen LogP contribution in [-0.2, 0) is 19.1 Å². The standard InChI is InChI=1S/C40H78O5/c1-5-37(4)31-27-23-20-21-25-29-33-40(43)45-38(34-41)35-44-39(42)32-28-24-19-17-15-13-11-9-7-6-8-10-12-14-16-18-22-26-30-36(2)3/h36-38,41H,5-35H2,1-4H3/t37?,38-/m0/s1. The van der Waals surface area contributed by atoms with Crippen LogP contribution in [0.3, 0.4) is 0 Å². The van der Waals surface area contributed by atoms with Gasteiger partial charge in [0.2, 0.25) is 0 Å². The van der Waals surface area contributed by atoms with Crippen molar-refractivity contribution in [3.05, 3.63) is 0 Å². The SMILES string of the molecule is CCC(C)CCCCCCCCC(=O)O[C@@H](CO)COC(=O)CCCCCCCCCCCCCCCCCCCCC(C)C. The zero-order valence-electron chi connectivity index (χ0n) is 30.7. The second kappa shape index (κ2) is 34.2. The van der Waals surface area contributed by atoms with Crippen LogP contribution in [0.1, 0.15) is 214 Å². The molecule has 0 spiro atoms. The minimum atomic E-state index is -0.763. The molecule has 0 aliphatic carbocycles. The maximum atomic E-state index is 12.1. The van der Waals surface area contributed by atoms with Gasteiger partial charge in [0.05, 0.1) is 6.61 Å². The highest BCUT2D eigenvalue weighted by Crippen LogP contribution is 2.17. The summed E-state index contributed by atoms with van der Waals surface area (Å²) in [4.78, 5) is 24.2. The Balaban J connectivity index is 3.46. The second-order valence-corrected chi connectivity index (χ2v) is 14.4. The van der Waals surface area contributed by atoms with Crippen LogP contribution >= 0.6 is 0 Å². The molecular formula is C40H78O5. The van der Waals surface area contributed by atoms with Crippen molar-refractivity contribution in [3.63, 3.8) is 0 Å². The Kier molecular flexibility index (Phi) is 33.4. The molecule has 0 saturated heterocycles. The molecule has 0 aromatic heterocycles. The smallest absolute Gasteiger partial charge is 0.306 e. The summed E-state index contributed by atoms with van der Waals surface area (Å²) in [5.41, 5.74) is 0. The lowest BCUT2D eigenvalue weighted by Crippen LogP contribution is -2.28. The van der Waals surface area contributed by atoms with Crippen LogP contribution in [0.2, 0.25) is 0 Å². The molecule has 0 radical (unpaired) electrons. The number of aliphatic hydroxyl groups excluding tert-OH is 1. The van der Waals surface area contributed by atoms with Crippen LogP contribution in [0.25, 0.3) is 0 Å². The van der Waals surface area contributed by atoms with Crippen molar-refractivity contribution in [3.8, 4) is 0 Å². The van der Waals surface area contributed by atoms with Crippen molar-refractivity contribution in [1.29, 1.82) is 0 Å². The molecular weight excluding hydrogens is 560 g/mol. The first-order valence-electron chi connectivity index (χ1n) is 19.8. The van der Waals surface area contributed by atoms with E-state index in [0.717, 1.165) is 43.9 Å². The van der Waals surface area contributed by atoms with Crippen LogP contribution in [-0.4, -0.2) is 36.4 Å². The largest absolute Gasteiger partial charge is 0.462 e. The van der Waals surface area contributed by atoms with Crippen LogP contribution in [0.15, 0.2) is 0 Å². The lowest BCUT2D eigenvalue weighted by atomic mass is 10.00. The topological polar surface area (TPSA) is 72.8 Å². The molecule has 2 atom stereocenters. The molecule has 0 bridgehead atoms. The van der Waals surface area contributed by atoms with Crippen molar-refractivity contribution in [2.45, 2.75) is 220 Å². The Morgan fingerprint density at radius 2 is 0.867 bits per heavy atom. The molecule has 0 heterocycles. The number of ether oxygens (including phenoxy) is 2. The van der Waals surface area contributed by atoms with E-state index in [1.807, 2.05) is 0 Å². The highest BCUT2D eigenvalue weighted by atomic mass is 16.6. The number of carbonyl (C=O) groups is 2. The average molecular weight is 639 g/mol. The Labute approximate surface area is 280 Å². The summed E-state index contributed by atoms with van der Waals surface area (Å²) in [6, 6.07) is 0. The summed E-state index contributed by atoms with van der Waals surface area (Å²) in [6.45, 7) is 8.83. The Morgan fingerprint density at radius 3 is 1.24 bits per heavy atom. The van der Waals surface area contributed by atoms with Gasteiger partial charge in [0.1, 0.15) is 6.61 Å². The first kappa shape index (κ1) is 43.9. The van der Waals surface area contributed by atoms with E-state index in [9.17, 15) is 14.7 Å². The Hall–Kier alpha value is -1.10. The summed E-state index contributed by atoms with van der Waals surface area (Å²) in [7, 11) is 0.